The number of hydrogen-bond acceptors (Lipinski definition) is 3. The van der Waals surface area contributed by atoms with Crippen molar-refractivity contribution in [1.29, 1.82) is 0 Å². The molecule has 0 atom stereocenters. The lowest BCUT2D eigenvalue weighted by atomic mass is 10.2. The van der Waals surface area contributed by atoms with Crippen molar-refractivity contribution in [3.05, 3.63) is 52.5 Å². The van der Waals surface area contributed by atoms with Crippen molar-refractivity contribution in [2.75, 3.05) is 7.11 Å². The van der Waals surface area contributed by atoms with Crippen LogP contribution in [0.4, 0.5) is 0 Å². The summed E-state index contributed by atoms with van der Waals surface area (Å²) in [6.07, 6.45) is 6.07. The molecule has 0 radical (unpaired) electrons. The van der Waals surface area contributed by atoms with E-state index in [1.165, 1.54) is 6.08 Å². The normalized spacial score (nSPS) is 11.1. The lowest BCUT2D eigenvalue weighted by Gasteiger charge is -2.03. The number of rotatable bonds is 3. The molecule has 0 spiro atoms. The zero-order valence-electron chi connectivity index (χ0n) is 8.66. The van der Waals surface area contributed by atoms with Gasteiger partial charge in [0.1, 0.15) is 5.75 Å². The first-order valence-electron chi connectivity index (χ1n) is 4.68. The molecule has 5 heteroatoms. The Kier molecular flexibility index (Phi) is 2.59. The van der Waals surface area contributed by atoms with Gasteiger partial charge in [-0.15, -0.1) is 0 Å². The maximum absolute atomic E-state index is 10.3. The minimum absolute atomic E-state index is 0.487. The van der Waals surface area contributed by atoms with Crippen molar-refractivity contribution >= 4 is 11.6 Å². The fourth-order valence-corrected chi connectivity index (χ4v) is 1.60. The van der Waals surface area contributed by atoms with E-state index in [0.29, 0.717) is 5.75 Å². The average molecular weight is 218 g/mol. The predicted molar refractivity (Wildman–Crippen MR) is 60.0 cm³/mol. The van der Waals surface area contributed by atoms with Crippen molar-refractivity contribution in [1.82, 2.24) is 4.40 Å². The lowest BCUT2D eigenvalue weighted by molar-refractivity contribution is -0.400. The Labute approximate surface area is 91.7 Å². The third-order valence-electron chi connectivity index (χ3n) is 2.27. The third-order valence-corrected chi connectivity index (χ3v) is 2.27. The number of ether oxygens (including phenoxy) is 1. The standard InChI is InChI=1S/C11H10N2O3/c1-16-10-3-2-6-12-7-4-9(11(10)12)5-8-13(14)15/h2-8H,1H3. The molecule has 2 heterocycles. The first-order chi connectivity index (χ1) is 7.72. The van der Waals surface area contributed by atoms with E-state index in [-0.39, 0.29) is 0 Å². The van der Waals surface area contributed by atoms with Gasteiger partial charge in [-0.25, -0.2) is 0 Å². The monoisotopic (exact) mass is 218 g/mol. The van der Waals surface area contributed by atoms with Gasteiger partial charge in [0.15, 0.2) is 0 Å². The molecule has 5 nitrogen and oxygen atoms in total. The topological polar surface area (TPSA) is 56.8 Å². The zero-order valence-corrected chi connectivity index (χ0v) is 8.66. The molecule has 0 saturated carbocycles. The maximum atomic E-state index is 10.3. The highest BCUT2D eigenvalue weighted by Crippen LogP contribution is 2.24. The molecule has 2 aromatic rings. The van der Waals surface area contributed by atoms with Crippen molar-refractivity contribution in [3.63, 3.8) is 0 Å². The van der Waals surface area contributed by atoms with Crippen molar-refractivity contribution in [3.8, 4) is 5.75 Å². The molecule has 0 unspecified atom stereocenters. The second-order valence-corrected chi connectivity index (χ2v) is 3.20. The highest BCUT2D eigenvalue weighted by molar-refractivity contribution is 5.75. The quantitative estimate of drug-likeness (QED) is 0.586. The van der Waals surface area contributed by atoms with Crippen LogP contribution in [-0.4, -0.2) is 16.4 Å². The van der Waals surface area contributed by atoms with Crippen LogP contribution in [0.3, 0.4) is 0 Å². The Balaban J connectivity index is 2.58. The fraction of sp³-hybridized carbons (Fsp3) is 0.0909. The summed E-state index contributed by atoms with van der Waals surface area (Å²) in [5.74, 6) is 0.690. The summed E-state index contributed by atoms with van der Waals surface area (Å²) in [7, 11) is 1.57. The van der Waals surface area contributed by atoms with Gasteiger partial charge >= 0.3 is 0 Å². The molecule has 0 aromatic carbocycles. The van der Waals surface area contributed by atoms with Crippen LogP contribution in [0.5, 0.6) is 5.75 Å². The maximum Gasteiger partial charge on any atom is 0.235 e. The number of methoxy groups -OCH3 is 1. The zero-order chi connectivity index (χ0) is 11.5. The Morgan fingerprint density at radius 2 is 2.25 bits per heavy atom. The van der Waals surface area contributed by atoms with Crippen LogP contribution >= 0.6 is 0 Å². The molecule has 0 N–H and O–H groups in total. The van der Waals surface area contributed by atoms with Crippen LogP contribution in [0.25, 0.3) is 11.6 Å². The van der Waals surface area contributed by atoms with E-state index in [0.717, 1.165) is 17.3 Å². The van der Waals surface area contributed by atoms with Gasteiger partial charge in [0, 0.05) is 24.0 Å². The van der Waals surface area contributed by atoms with Crippen LogP contribution in [-0.2, 0) is 0 Å². The Bertz CT molecular complexity index is 557. The molecular weight excluding hydrogens is 208 g/mol. The Morgan fingerprint density at radius 1 is 1.44 bits per heavy atom. The van der Waals surface area contributed by atoms with Gasteiger partial charge < -0.3 is 9.14 Å². The summed E-state index contributed by atoms with van der Waals surface area (Å²) in [5.41, 5.74) is 1.58. The first-order valence-corrected chi connectivity index (χ1v) is 4.68. The summed E-state index contributed by atoms with van der Waals surface area (Å²) in [4.78, 5) is 9.78. The highest BCUT2D eigenvalue weighted by atomic mass is 16.6. The molecule has 2 aromatic heterocycles. The first kappa shape index (κ1) is 10.2. The van der Waals surface area contributed by atoms with Gasteiger partial charge in [-0.3, -0.25) is 10.1 Å². The molecule has 0 bridgehead atoms. The molecule has 0 aliphatic rings. The summed E-state index contributed by atoms with van der Waals surface area (Å²) in [6, 6.07) is 5.48. The van der Waals surface area contributed by atoms with E-state index in [2.05, 4.69) is 0 Å². The smallest absolute Gasteiger partial charge is 0.235 e. The molecule has 0 aliphatic carbocycles. The second-order valence-electron chi connectivity index (χ2n) is 3.20. The van der Waals surface area contributed by atoms with E-state index >= 15 is 0 Å². The number of hydrogen-bond donors (Lipinski definition) is 0. The number of nitrogens with zero attached hydrogens (tertiary/aromatic N) is 2. The van der Waals surface area contributed by atoms with E-state index in [4.69, 9.17) is 4.74 Å². The molecule has 0 saturated heterocycles. The fourth-order valence-electron chi connectivity index (χ4n) is 1.60. The summed E-state index contributed by atoms with van der Waals surface area (Å²) in [5, 5.41) is 10.3. The molecule has 16 heavy (non-hydrogen) atoms. The highest BCUT2D eigenvalue weighted by Gasteiger charge is 2.06. The minimum atomic E-state index is -0.487. The summed E-state index contributed by atoms with van der Waals surface area (Å²) >= 11 is 0. The molecule has 0 aliphatic heterocycles. The molecule has 0 amide bonds. The number of fused-ring (bicyclic) bond motifs is 1. The van der Waals surface area contributed by atoms with E-state index in [1.807, 2.05) is 28.9 Å². The van der Waals surface area contributed by atoms with Gasteiger partial charge in [0.05, 0.1) is 17.5 Å². The lowest BCUT2D eigenvalue weighted by Crippen LogP contribution is -1.89. The largest absolute Gasteiger partial charge is 0.495 e. The summed E-state index contributed by atoms with van der Waals surface area (Å²) in [6.45, 7) is 0. The van der Waals surface area contributed by atoms with Gasteiger partial charge in [0.25, 0.3) is 0 Å². The second kappa shape index (κ2) is 4.06. The third kappa shape index (κ3) is 1.75. The predicted octanol–water partition coefficient (Wildman–Crippen LogP) is 2.20. The molecule has 82 valence electrons. The average Bonchev–Trinajstić information content (AvgIpc) is 2.69. The van der Waals surface area contributed by atoms with E-state index < -0.39 is 4.92 Å². The van der Waals surface area contributed by atoms with Crippen LogP contribution in [0.15, 0.2) is 36.8 Å². The van der Waals surface area contributed by atoms with Crippen LogP contribution in [0.1, 0.15) is 5.56 Å². The number of nitro groups is 1. The van der Waals surface area contributed by atoms with E-state index in [1.54, 1.807) is 13.2 Å². The SMILES string of the molecule is COc1cccn2ccc(C=C[N+](=O)[O-])c12. The Hall–Kier alpha value is -2.30. The van der Waals surface area contributed by atoms with Crippen LogP contribution < -0.4 is 4.74 Å². The van der Waals surface area contributed by atoms with Crippen molar-refractivity contribution in [2.24, 2.45) is 0 Å². The molecule has 2 rings (SSSR count). The van der Waals surface area contributed by atoms with Crippen LogP contribution in [0, 0.1) is 10.1 Å². The number of aromatic nitrogens is 1. The molecule has 0 fully saturated rings. The van der Waals surface area contributed by atoms with Gasteiger partial charge in [-0.1, -0.05) is 0 Å². The van der Waals surface area contributed by atoms with E-state index in [9.17, 15) is 10.1 Å². The van der Waals surface area contributed by atoms with Gasteiger partial charge in [-0.05, 0) is 18.2 Å². The molecular formula is C11H10N2O3. The number of pyridine rings is 1. The van der Waals surface area contributed by atoms with Crippen molar-refractivity contribution < 1.29 is 9.66 Å². The minimum Gasteiger partial charge on any atom is -0.495 e. The summed E-state index contributed by atoms with van der Waals surface area (Å²) < 4.78 is 7.07. The van der Waals surface area contributed by atoms with Gasteiger partial charge in [0.2, 0.25) is 6.20 Å². The van der Waals surface area contributed by atoms with Crippen LogP contribution in [0.2, 0.25) is 0 Å². The Morgan fingerprint density at radius 3 is 2.94 bits per heavy atom. The van der Waals surface area contributed by atoms with Gasteiger partial charge in [-0.2, -0.15) is 0 Å². The van der Waals surface area contributed by atoms with Crippen molar-refractivity contribution in [2.45, 2.75) is 0 Å².